The average molecular weight is 348 g/mol. The van der Waals surface area contributed by atoms with Crippen molar-refractivity contribution in [1.29, 1.82) is 0 Å². The zero-order valence-corrected chi connectivity index (χ0v) is 15.4. The lowest BCUT2D eigenvalue weighted by atomic mass is 9.89. The second-order valence-corrected chi connectivity index (χ2v) is 7.83. The van der Waals surface area contributed by atoms with E-state index in [4.69, 9.17) is 4.98 Å². The smallest absolute Gasteiger partial charge is 0.259 e. The molecule has 0 spiro atoms. The first-order valence-electron chi connectivity index (χ1n) is 8.36. The predicted octanol–water partition coefficient (Wildman–Crippen LogP) is 1.85. The molecule has 0 radical (unpaired) electrons. The predicted molar refractivity (Wildman–Crippen MR) is 96.5 cm³/mol. The van der Waals surface area contributed by atoms with Crippen molar-refractivity contribution in [3.63, 3.8) is 0 Å². The maximum atomic E-state index is 12.6. The number of aryl methyl sites for hydroxylation is 1. The number of rotatable bonds is 4. The highest BCUT2D eigenvalue weighted by atomic mass is 32.1. The number of nitrogens with one attached hydrogen (secondary N) is 2. The van der Waals surface area contributed by atoms with Crippen LogP contribution in [0.4, 0.5) is 0 Å². The summed E-state index contributed by atoms with van der Waals surface area (Å²) in [6, 6.07) is -0.141. The Bertz CT molecular complexity index is 826. The molecule has 2 heterocycles. The summed E-state index contributed by atoms with van der Waals surface area (Å²) in [7, 11) is 3.47. The molecule has 2 N–H and O–H groups in total. The fraction of sp³-hybridized carbons (Fsp3) is 0.588. The van der Waals surface area contributed by atoms with E-state index in [9.17, 15) is 9.59 Å². The summed E-state index contributed by atoms with van der Waals surface area (Å²) in [5.74, 6) is 1.22. The van der Waals surface area contributed by atoms with Crippen LogP contribution in [0.1, 0.15) is 42.6 Å². The van der Waals surface area contributed by atoms with Gasteiger partial charge in [0.05, 0.1) is 18.0 Å². The molecule has 0 bridgehead atoms. The molecule has 0 aromatic carbocycles. The van der Waals surface area contributed by atoms with Gasteiger partial charge in [-0.05, 0) is 44.7 Å². The van der Waals surface area contributed by atoms with Gasteiger partial charge in [-0.25, -0.2) is 4.98 Å². The first-order valence-corrected chi connectivity index (χ1v) is 9.17. The number of carbonyl (C=O) groups is 1. The molecule has 2 unspecified atom stereocenters. The number of nitrogens with zero attached hydrogens (tertiary/aromatic N) is 2. The van der Waals surface area contributed by atoms with E-state index in [1.54, 1.807) is 18.4 Å². The van der Waals surface area contributed by atoms with E-state index in [1.807, 2.05) is 18.9 Å². The number of thiophene rings is 1. The van der Waals surface area contributed by atoms with Crippen LogP contribution >= 0.6 is 11.3 Å². The van der Waals surface area contributed by atoms with E-state index in [0.717, 1.165) is 29.5 Å². The van der Waals surface area contributed by atoms with Crippen molar-refractivity contribution >= 4 is 27.5 Å². The molecular formula is C17H24N4O2S. The second-order valence-electron chi connectivity index (χ2n) is 6.75. The number of hydrogen-bond acceptors (Lipinski definition) is 5. The van der Waals surface area contributed by atoms with Crippen LogP contribution in [0.25, 0.3) is 10.2 Å². The van der Waals surface area contributed by atoms with Crippen molar-refractivity contribution < 1.29 is 4.79 Å². The SMILES string of the molecule is CNC(=O)CN(C)C(C)c1nc2sc3c(c2c(=O)[nH]1)CCC(C)C3. The Morgan fingerprint density at radius 2 is 2.29 bits per heavy atom. The Kier molecular flexibility index (Phi) is 4.73. The summed E-state index contributed by atoms with van der Waals surface area (Å²) in [6.07, 6.45) is 3.13. The molecule has 7 heteroatoms. The summed E-state index contributed by atoms with van der Waals surface area (Å²) in [4.78, 5) is 35.8. The second kappa shape index (κ2) is 6.64. The van der Waals surface area contributed by atoms with E-state index in [2.05, 4.69) is 17.2 Å². The summed E-state index contributed by atoms with van der Waals surface area (Å²) in [5.41, 5.74) is 1.14. The summed E-state index contributed by atoms with van der Waals surface area (Å²) < 4.78 is 0. The molecule has 2 atom stereocenters. The number of fused-ring (bicyclic) bond motifs is 3. The third-order valence-electron chi connectivity index (χ3n) is 4.91. The van der Waals surface area contributed by atoms with Gasteiger partial charge in [-0.1, -0.05) is 6.92 Å². The molecule has 3 rings (SSSR count). The molecule has 1 aliphatic carbocycles. The average Bonchev–Trinajstić information content (AvgIpc) is 2.91. The molecule has 24 heavy (non-hydrogen) atoms. The number of aromatic amines is 1. The van der Waals surface area contributed by atoms with Gasteiger partial charge in [0.25, 0.3) is 5.56 Å². The zero-order valence-electron chi connectivity index (χ0n) is 14.6. The standard InChI is InChI=1S/C17H24N4O2S/c1-9-5-6-11-12(7-9)24-17-14(11)16(23)19-15(20-17)10(2)21(4)8-13(22)18-3/h9-10H,5-8H2,1-4H3,(H,18,22)(H,19,20,23). The topological polar surface area (TPSA) is 78.1 Å². The van der Waals surface area contributed by atoms with Crippen molar-refractivity contribution in [2.24, 2.45) is 5.92 Å². The summed E-state index contributed by atoms with van der Waals surface area (Å²) in [6.45, 7) is 4.47. The lowest BCUT2D eigenvalue weighted by molar-refractivity contribution is -0.121. The lowest BCUT2D eigenvalue weighted by Gasteiger charge is -2.22. The summed E-state index contributed by atoms with van der Waals surface area (Å²) in [5, 5.41) is 3.38. The van der Waals surface area contributed by atoms with Crippen LogP contribution in [-0.2, 0) is 17.6 Å². The Labute approximate surface area is 145 Å². The van der Waals surface area contributed by atoms with Crippen molar-refractivity contribution in [3.05, 3.63) is 26.6 Å². The number of aromatic nitrogens is 2. The van der Waals surface area contributed by atoms with Gasteiger partial charge in [-0.3, -0.25) is 14.5 Å². The molecule has 0 fully saturated rings. The highest BCUT2D eigenvalue weighted by Crippen LogP contribution is 2.35. The van der Waals surface area contributed by atoms with Crippen LogP contribution in [-0.4, -0.2) is 41.4 Å². The Hall–Kier alpha value is -1.73. The number of H-pyrrole nitrogens is 1. The van der Waals surface area contributed by atoms with E-state index in [1.165, 1.54) is 10.4 Å². The molecule has 0 saturated carbocycles. The van der Waals surface area contributed by atoms with E-state index in [0.29, 0.717) is 11.7 Å². The lowest BCUT2D eigenvalue weighted by Crippen LogP contribution is -2.35. The van der Waals surface area contributed by atoms with Gasteiger partial charge in [0.1, 0.15) is 10.7 Å². The van der Waals surface area contributed by atoms with Crippen molar-refractivity contribution in [1.82, 2.24) is 20.2 Å². The van der Waals surface area contributed by atoms with Gasteiger partial charge in [-0.15, -0.1) is 11.3 Å². The Morgan fingerprint density at radius 1 is 1.54 bits per heavy atom. The Balaban J connectivity index is 1.96. The normalized spacial score (nSPS) is 18.6. The van der Waals surface area contributed by atoms with Gasteiger partial charge >= 0.3 is 0 Å². The fourth-order valence-corrected chi connectivity index (χ4v) is 4.61. The van der Waals surface area contributed by atoms with Gasteiger partial charge in [0.15, 0.2) is 0 Å². The van der Waals surface area contributed by atoms with Crippen LogP contribution in [0.3, 0.4) is 0 Å². The van der Waals surface area contributed by atoms with Crippen LogP contribution < -0.4 is 10.9 Å². The van der Waals surface area contributed by atoms with Crippen molar-refractivity contribution in [3.8, 4) is 0 Å². The monoisotopic (exact) mass is 348 g/mol. The maximum absolute atomic E-state index is 12.6. The van der Waals surface area contributed by atoms with Crippen LogP contribution in [0.15, 0.2) is 4.79 Å². The molecule has 2 aromatic heterocycles. The van der Waals surface area contributed by atoms with Gasteiger partial charge < -0.3 is 10.3 Å². The molecule has 0 aliphatic heterocycles. The van der Waals surface area contributed by atoms with E-state index >= 15 is 0 Å². The minimum atomic E-state index is -0.141. The van der Waals surface area contributed by atoms with Crippen molar-refractivity contribution in [2.75, 3.05) is 20.6 Å². The highest BCUT2D eigenvalue weighted by Gasteiger charge is 2.24. The Morgan fingerprint density at radius 3 is 3.00 bits per heavy atom. The van der Waals surface area contributed by atoms with Gasteiger partial charge in [0, 0.05) is 11.9 Å². The molecular weight excluding hydrogens is 324 g/mol. The van der Waals surface area contributed by atoms with Gasteiger partial charge in [0.2, 0.25) is 5.91 Å². The molecule has 0 saturated heterocycles. The molecule has 1 amide bonds. The molecule has 1 aliphatic rings. The van der Waals surface area contributed by atoms with Crippen molar-refractivity contribution in [2.45, 2.75) is 39.2 Å². The first kappa shape index (κ1) is 17.1. The summed E-state index contributed by atoms with van der Waals surface area (Å²) >= 11 is 1.65. The molecule has 130 valence electrons. The van der Waals surface area contributed by atoms with Crippen LogP contribution in [0.5, 0.6) is 0 Å². The molecule has 2 aromatic rings. The fourth-order valence-electron chi connectivity index (χ4n) is 3.21. The van der Waals surface area contributed by atoms with Crippen LogP contribution in [0.2, 0.25) is 0 Å². The number of likely N-dealkylation sites (N-methyl/N-ethyl adjacent to an activating group) is 2. The minimum Gasteiger partial charge on any atom is -0.358 e. The van der Waals surface area contributed by atoms with Crippen LogP contribution in [0, 0.1) is 5.92 Å². The number of carbonyl (C=O) groups excluding carboxylic acids is 1. The minimum absolute atomic E-state index is 0.0535. The van der Waals surface area contributed by atoms with E-state index < -0.39 is 0 Å². The highest BCUT2D eigenvalue weighted by molar-refractivity contribution is 7.18. The number of hydrogen-bond donors (Lipinski definition) is 2. The van der Waals surface area contributed by atoms with Gasteiger partial charge in [-0.2, -0.15) is 0 Å². The quantitative estimate of drug-likeness (QED) is 0.884. The maximum Gasteiger partial charge on any atom is 0.259 e. The number of amides is 1. The third kappa shape index (κ3) is 3.10. The third-order valence-corrected chi connectivity index (χ3v) is 6.06. The largest absolute Gasteiger partial charge is 0.358 e. The first-order chi connectivity index (χ1) is 11.4. The zero-order chi connectivity index (χ0) is 17.4. The molecule has 6 nitrogen and oxygen atoms in total. The van der Waals surface area contributed by atoms with E-state index in [-0.39, 0.29) is 24.1 Å².